The first-order valence-electron chi connectivity index (χ1n) is 11.7. The molecule has 2 N–H and O–H groups in total. The predicted octanol–water partition coefficient (Wildman–Crippen LogP) is 6.84. The third-order valence-corrected chi connectivity index (χ3v) is 6.38. The van der Waals surface area contributed by atoms with Crippen LogP contribution in [0.1, 0.15) is 41.9 Å². The van der Waals surface area contributed by atoms with Crippen molar-refractivity contribution in [1.82, 2.24) is 15.3 Å². The fourth-order valence-corrected chi connectivity index (χ4v) is 4.51. The highest BCUT2D eigenvalue weighted by atomic mass is 35.5. The number of amides is 1. The van der Waals surface area contributed by atoms with E-state index >= 15 is 0 Å². The number of pyridine rings is 2. The zero-order valence-electron chi connectivity index (χ0n) is 19.4. The van der Waals surface area contributed by atoms with Crippen molar-refractivity contribution in [3.05, 3.63) is 77.4 Å². The maximum absolute atomic E-state index is 13.4. The van der Waals surface area contributed by atoms with Crippen molar-refractivity contribution in [3.63, 3.8) is 0 Å². The number of carbonyl (C=O) groups is 1. The normalized spacial score (nSPS) is 17.9. The molecule has 37 heavy (non-hydrogen) atoms. The topological polar surface area (TPSA) is 89.3 Å². The summed E-state index contributed by atoms with van der Waals surface area (Å²) in [5.74, 6) is 0.427. The molecule has 0 unspecified atom stereocenters. The Bertz CT molecular complexity index is 1400. The van der Waals surface area contributed by atoms with Crippen molar-refractivity contribution >= 4 is 34.1 Å². The quantitative estimate of drug-likeness (QED) is 0.284. The molecular weight excluding hydrogens is 509 g/mol. The second-order valence-electron chi connectivity index (χ2n) is 8.79. The zero-order valence-corrected chi connectivity index (χ0v) is 20.1. The maximum atomic E-state index is 13.4. The molecule has 192 valence electrons. The lowest BCUT2D eigenvalue weighted by molar-refractivity contribution is -0.140. The fourth-order valence-electron chi connectivity index (χ4n) is 4.34. The number of nitrogens with zero attached hydrogens (tertiary/aromatic N) is 2. The third-order valence-electron chi connectivity index (χ3n) is 6.14. The molecular formula is C26H22ClF3N4O3. The van der Waals surface area contributed by atoms with Gasteiger partial charge in [-0.1, -0.05) is 11.6 Å². The molecule has 0 spiro atoms. The first-order valence-corrected chi connectivity index (χ1v) is 12.0. The van der Waals surface area contributed by atoms with E-state index in [0.717, 1.165) is 6.07 Å². The van der Waals surface area contributed by atoms with Crippen molar-refractivity contribution in [2.75, 3.05) is 5.32 Å². The molecule has 0 bridgehead atoms. The van der Waals surface area contributed by atoms with Gasteiger partial charge in [0.2, 0.25) is 0 Å². The largest absolute Gasteiger partial charge is 0.433 e. The number of anilines is 1. The van der Waals surface area contributed by atoms with Gasteiger partial charge in [0.25, 0.3) is 11.9 Å². The zero-order chi connectivity index (χ0) is 26.0. The number of furan rings is 1. The summed E-state index contributed by atoms with van der Waals surface area (Å²) < 4.78 is 51.2. The van der Waals surface area contributed by atoms with E-state index in [0.29, 0.717) is 47.5 Å². The molecule has 3 aromatic heterocycles. The van der Waals surface area contributed by atoms with Crippen LogP contribution < -0.4 is 15.4 Å². The van der Waals surface area contributed by atoms with Gasteiger partial charge in [0.1, 0.15) is 11.4 Å². The molecule has 1 aliphatic carbocycles. The lowest BCUT2D eigenvalue weighted by Gasteiger charge is -2.30. The second-order valence-corrected chi connectivity index (χ2v) is 9.23. The van der Waals surface area contributed by atoms with Crippen LogP contribution in [0.25, 0.3) is 10.9 Å². The van der Waals surface area contributed by atoms with E-state index in [-0.39, 0.29) is 35.2 Å². The maximum Gasteiger partial charge on any atom is 0.433 e. The highest BCUT2D eigenvalue weighted by molar-refractivity contribution is 6.31. The fraction of sp³-hybridized carbons (Fsp3) is 0.269. The van der Waals surface area contributed by atoms with Crippen molar-refractivity contribution in [1.29, 1.82) is 0 Å². The number of ether oxygens (including phenoxy) is 1. The summed E-state index contributed by atoms with van der Waals surface area (Å²) in [6.07, 6.45) is 1.20. The van der Waals surface area contributed by atoms with Crippen molar-refractivity contribution in [2.24, 2.45) is 0 Å². The van der Waals surface area contributed by atoms with Crippen LogP contribution in [-0.2, 0) is 6.18 Å². The summed E-state index contributed by atoms with van der Waals surface area (Å²) in [6.45, 7) is 0. The van der Waals surface area contributed by atoms with E-state index in [2.05, 4.69) is 20.6 Å². The van der Waals surface area contributed by atoms with E-state index in [1.165, 1.54) is 24.4 Å². The molecule has 0 aliphatic heterocycles. The van der Waals surface area contributed by atoms with Crippen molar-refractivity contribution in [2.45, 2.75) is 43.9 Å². The van der Waals surface area contributed by atoms with Crippen LogP contribution in [0.5, 0.6) is 11.7 Å². The minimum atomic E-state index is -4.57. The molecule has 1 saturated carbocycles. The van der Waals surface area contributed by atoms with Gasteiger partial charge in [-0.2, -0.15) is 13.2 Å². The summed E-state index contributed by atoms with van der Waals surface area (Å²) in [6, 6.07) is 12.0. The number of nitrogens with one attached hydrogen (secondary N) is 2. The van der Waals surface area contributed by atoms with Crippen LogP contribution in [0.2, 0.25) is 5.02 Å². The first kappa shape index (κ1) is 24.9. The number of carbonyl (C=O) groups excluding carboxylic acids is 1. The third kappa shape index (κ3) is 5.96. The molecule has 1 aliphatic rings. The molecule has 1 amide bonds. The number of aromatic nitrogens is 2. The summed E-state index contributed by atoms with van der Waals surface area (Å²) in [7, 11) is 0. The van der Waals surface area contributed by atoms with Gasteiger partial charge < -0.3 is 19.8 Å². The van der Waals surface area contributed by atoms with Crippen LogP contribution in [0.15, 0.2) is 65.3 Å². The molecule has 0 radical (unpaired) electrons. The van der Waals surface area contributed by atoms with Crippen LogP contribution in [0, 0.1) is 0 Å². The van der Waals surface area contributed by atoms with Crippen molar-refractivity contribution in [3.8, 4) is 11.7 Å². The van der Waals surface area contributed by atoms with Crippen LogP contribution in [0.4, 0.5) is 18.9 Å². The van der Waals surface area contributed by atoms with Gasteiger partial charge in [-0.15, -0.1) is 0 Å². The molecule has 0 atom stereocenters. The minimum Gasteiger partial charge on any atom is -0.424 e. The number of hydrogen-bond donors (Lipinski definition) is 2. The van der Waals surface area contributed by atoms with Gasteiger partial charge in [-0.25, -0.2) is 4.98 Å². The van der Waals surface area contributed by atoms with E-state index < -0.39 is 11.9 Å². The number of rotatable bonds is 6. The Morgan fingerprint density at radius 3 is 2.57 bits per heavy atom. The van der Waals surface area contributed by atoms with Gasteiger partial charge in [-0.3, -0.25) is 9.78 Å². The van der Waals surface area contributed by atoms with E-state index in [1.807, 2.05) is 0 Å². The summed E-state index contributed by atoms with van der Waals surface area (Å²) in [5, 5.41) is 7.14. The first-order chi connectivity index (χ1) is 17.7. The lowest BCUT2D eigenvalue weighted by atomic mass is 9.90. The van der Waals surface area contributed by atoms with Gasteiger partial charge in [-0.05, 0) is 68.1 Å². The number of halogens is 4. The SMILES string of the molecule is O=C(N[C@H]1CC[C@@H](Nc2cc(C(F)(F)F)nc3ccc(Cl)cc23)CC1)c1ccc(Oc2cccnc2)o1. The standard InChI is InChI=1S/C26H22ClF3N4O3/c27-15-3-8-20-19(12-15)21(13-23(34-20)26(28,29)30)32-16-4-6-17(7-5-16)33-25(35)22-9-10-24(37-22)36-18-2-1-11-31-14-18/h1-3,8-14,16-17H,4-7H2,(H,32,34)(H,33,35)/t16-,17+. The summed E-state index contributed by atoms with van der Waals surface area (Å²) in [5.41, 5.74) is -0.409. The van der Waals surface area contributed by atoms with E-state index in [9.17, 15) is 18.0 Å². The van der Waals surface area contributed by atoms with Crippen LogP contribution in [0.3, 0.4) is 0 Å². The number of benzene rings is 1. The van der Waals surface area contributed by atoms with Gasteiger partial charge in [0, 0.05) is 40.4 Å². The average Bonchev–Trinajstić information content (AvgIpc) is 3.34. The number of fused-ring (bicyclic) bond motifs is 1. The van der Waals surface area contributed by atoms with Gasteiger partial charge >= 0.3 is 6.18 Å². The number of alkyl halides is 3. The van der Waals surface area contributed by atoms with Crippen LogP contribution >= 0.6 is 11.6 Å². The van der Waals surface area contributed by atoms with E-state index in [1.54, 1.807) is 30.5 Å². The van der Waals surface area contributed by atoms with Crippen molar-refractivity contribution < 1.29 is 27.1 Å². The Labute approximate surface area is 215 Å². The Morgan fingerprint density at radius 1 is 1.05 bits per heavy atom. The molecule has 1 fully saturated rings. The second kappa shape index (κ2) is 10.3. The number of hydrogen-bond acceptors (Lipinski definition) is 6. The molecule has 11 heteroatoms. The summed E-state index contributed by atoms with van der Waals surface area (Å²) >= 11 is 6.09. The molecule has 5 rings (SSSR count). The van der Waals surface area contributed by atoms with Gasteiger partial charge in [0.05, 0.1) is 11.7 Å². The highest BCUT2D eigenvalue weighted by Gasteiger charge is 2.34. The van der Waals surface area contributed by atoms with E-state index in [4.69, 9.17) is 20.8 Å². The highest BCUT2D eigenvalue weighted by Crippen LogP contribution is 2.35. The molecule has 4 aromatic rings. The Hall–Kier alpha value is -3.79. The smallest absolute Gasteiger partial charge is 0.424 e. The Balaban J connectivity index is 1.20. The molecule has 7 nitrogen and oxygen atoms in total. The lowest BCUT2D eigenvalue weighted by Crippen LogP contribution is -2.40. The predicted molar refractivity (Wildman–Crippen MR) is 132 cm³/mol. The average molecular weight is 531 g/mol. The molecule has 3 heterocycles. The Morgan fingerprint density at radius 2 is 1.84 bits per heavy atom. The summed E-state index contributed by atoms with van der Waals surface area (Å²) in [4.78, 5) is 20.4. The molecule has 0 saturated heterocycles. The van der Waals surface area contributed by atoms with Crippen LogP contribution in [-0.4, -0.2) is 28.0 Å². The van der Waals surface area contributed by atoms with Gasteiger partial charge in [0.15, 0.2) is 5.76 Å². The Kier molecular flexibility index (Phi) is 6.92. The molecule has 1 aromatic carbocycles. The minimum absolute atomic E-state index is 0.0677. The monoisotopic (exact) mass is 530 g/mol.